The Labute approximate surface area is 178 Å². The predicted octanol–water partition coefficient (Wildman–Crippen LogP) is 1.43. The first-order valence-electron chi connectivity index (χ1n) is 9.46. The smallest absolute Gasteiger partial charge is 0.337 e. The molecule has 1 atom stereocenters. The number of aromatic nitrogens is 2. The monoisotopic (exact) mass is 425 g/mol. The molecule has 1 aliphatic rings. The molecule has 1 aromatic heterocycles. The van der Waals surface area contributed by atoms with E-state index in [2.05, 4.69) is 11.9 Å². The number of rotatable bonds is 5. The summed E-state index contributed by atoms with van der Waals surface area (Å²) >= 11 is 0. The van der Waals surface area contributed by atoms with Crippen molar-refractivity contribution in [3.8, 4) is 0 Å². The van der Waals surface area contributed by atoms with Crippen molar-refractivity contribution in [3.63, 3.8) is 0 Å². The van der Waals surface area contributed by atoms with Gasteiger partial charge in [-0.2, -0.15) is 0 Å². The highest BCUT2D eigenvalue weighted by Crippen LogP contribution is 2.40. The topological polar surface area (TPSA) is 109 Å². The predicted molar refractivity (Wildman–Crippen MR) is 114 cm³/mol. The van der Waals surface area contributed by atoms with E-state index in [4.69, 9.17) is 9.47 Å². The van der Waals surface area contributed by atoms with Gasteiger partial charge >= 0.3 is 17.6 Å². The molecule has 0 amide bonds. The molecule has 2 heterocycles. The van der Waals surface area contributed by atoms with Crippen molar-refractivity contribution in [2.24, 2.45) is 14.1 Å². The van der Waals surface area contributed by atoms with Crippen molar-refractivity contribution in [1.29, 1.82) is 0 Å². The van der Waals surface area contributed by atoms with Crippen LogP contribution in [0.2, 0.25) is 0 Å². The van der Waals surface area contributed by atoms with E-state index in [1.54, 1.807) is 38.2 Å². The fourth-order valence-corrected chi connectivity index (χ4v) is 3.63. The molecule has 9 heteroatoms. The summed E-state index contributed by atoms with van der Waals surface area (Å²) in [5, 5.41) is 3.01. The van der Waals surface area contributed by atoms with Gasteiger partial charge in [0.05, 0.1) is 29.7 Å². The van der Waals surface area contributed by atoms with Gasteiger partial charge in [-0.05, 0) is 24.6 Å². The average molecular weight is 425 g/mol. The number of nitrogens with zero attached hydrogens (tertiary/aromatic N) is 2. The van der Waals surface area contributed by atoms with Crippen LogP contribution >= 0.6 is 0 Å². The molecular formula is C22H23N3O6. The second-order valence-electron chi connectivity index (χ2n) is 7.07. The van der Waals surface area contributed by atoms with Crippen molar-refractivity contribution < 1.29 is 19.1 Å². The average Bonchev–Trinajstić information content (AvgIpc) is 2.78. The Kier molecular flexibility index (Phi) is 5.96. The number of hydrogen-bond donors (Lipinski definition) is 1. The number of carbonyl (C=O) groups is 2. The SMILES string of the molecule is C=CCOC(=O)C1=C(C)Nc2c(c(=O)n(C)c(=O)n2C)[C@@H]1c1ccc(C(=O)OC)cc1. The maximum Gasteiger partial charge on any atom is 0.337 e. The van der Waals surface area contributed by atoms with Crippen LogP contribution in [-0.2, 0) is 28.4 Å². The van der Waals surface area contributed by atoms with Crippen LogP contribution in [0.3, 0.4) is 0 Å². The molecule has 0 unspecified atom stereocenters. The van der Waals surface area contributed by atoms with Gasteiger partial charge in [-0.25, -0.2) is 14.4 Å². The Balaban J connectivity index is 2.28. The van der Waals surface area contributed by atoms with Crippen LogP contribution < -0.4 is 16.6 Å². The van der Waals surface area contributed by atoms with E-state index in [-0.39, 0.29) is 17.7 Å². The molecule has 0 bridgehead atoms. The Hall–Kier alpha value is -3.88. The van der Waals surface area contributed by atoms with E-state index in [0.29, 0.717) is 22.6 Å². The number of methoxy groups -OCH3 is 1. The summed E-state index contributed by atoms with van der Waals surface area (Å²) in [4.78, 5) is 50.3. The van der Waals surface area contributed by atoms with E-state index in [0.717, 1.165) is 4.57 Å². The number of fused-ring (bicyclic) bond motifs is 1. The minimum absolute atomic E-state index is 0.00174. The summed E-state index contributed by atoms with van der Waals surface area (Å²) in [6, 6.07) is 6.39. The summed E-state index contributed by atoms with van der Waals surface area (Å²) in [7, 11) is 4.20. The first kappa shape index (κ1) is 21.8. The normalized spacial score (nSPS) is 15.0. The molecule has 1 aliphatic heterocycles. The van der Waals surface area contributed by atoms with Crippen molar-refractivity contribution in [3.05, 3.63) is 85.7 Å². The quantitative estimate of drug-likeness (QED) is 0.570. The molecule has 162 valence electrons. The van der Waals surface area contributed by atoms with E-state index < -0.39 is 29.1 Å². The van der Waals surface area contributed by atoms with Crippen molar-refractivity contribution in [2.45, 2.75) is 12.8 Å². The zero-order chi connectivity index (χ0) is 22.9. The molecule has 1 N–H and O–H groups in total. The van der Waals surface area contributed by atoms with Crippen molar-refractivity contribution >= 4 is 17.8 Å². The molecule has 0 aliphatic carbocycles. The fourth-order valence-electron chi connectivity index (χ4n) is 3.63. The van der Waals surface area contributed by atoms with Crippen LogP contribution in [0, 0.1) is 0 Å². The van der Waals surface area contributed by atoms with Crippen LogP contribution in [0.4, 0.5) is 5.82 Å². The maximum atomic E-state index is 13.1. The number of esters is 2. The first-order valence-corrected chi connectivity index (χ1v) is 9.46. The van der Waals surface area contributed by atoms with E-state index >= 15 is 0 Å². The third-order valence-electron chi connectivity index (χ3n) is 5.20. The molecule has 2 aromatic rings. The van der Waals surface area contributed by atoms with Gasteiger partial charge < -0.3 is 14.8 Å². The summed E-state index contributed by atoms with van der Waals surface area (Å²) in [5.74, 6) is -1.64. The number of ether oxygens (including phenoxy) is 2. The second-order valence-corrected chi connectivity index (χ2v) is 7.07. The summed E-state index contributed by atoms with van der Waals surface area (Å²) in [6.07, 6.45) is 1.45. The van der Waals surface area contributed by atoms with Crippen LogP contribution in [0.25, 0.3) is 0 Å². The summed E-state index contributed by atoms with van der Waals surface area (Å²) in [5.41, 5.74) is 0.784. The van der Waals surface area contributed by atoms with Gasteiger partial charge in [0.2, 0.25) is 0 Å². The lowest BCUT2D eigenvalue weighted by Gasteiger charge is -2.30. The standard InChI is InChI=1S/C22H23N3O6/c1-6-11-31-21(28)15-12(2)23-18-17(19(26)25(4)22(29)24(18)3)16(15)13-7-9-14(10-8-13)20(27)30-5/h6-10,16,23H,1,11H2,2-5H3/t16-/m1/s1. The van der Waals surface area contributed by atoms with E-state index in [1.165, 1.54) is 24.8 Å². The molecule has 0 saturated heterocycles. The highest BCUT2D eigenvalue weighted by molar-refractivity contribution is 5.94. The Morgan fingerprint density at radius 3 is 2.35 bits per heavy atom. The van der Waals surface area contributed by atoms with E-state index in [9.17, 15) is 19.2 Å². The van der Waals surface area contributed by atoms with Crippen LogP contribution in [0.5, 0.6) is 0 Å². The highest BCUT2D eigenvalue weighted by Gasteiger charge is 2.37. The van der Waals surface area contributed by atoms with Gasteiger partial charge in [-0.1, -0.05) is 24.8 Å². The lowest BCUT2D eigenvalue weighted by atomic mass is 9.82. The van der Waals surface area contributed by atoms with Crippen molar-refractivity contribution in [1.82, 2.24) is 9.13 Å². The molecule has 3 rings (SSSR count). The second kappa shape index (κ2) is 8.47. The Morgan fingerprint density at radius 2 is 1.77 bits per heavy atom. The zero-order valence-corrected chi connectivity index (χ0v) is 17.7. The number of anilines is 1. The third kappa shape index (κ3) is 3.70. The lowest BCUT2D eigenvalue weighted by Crippen LogP contribution is -2.43. The number of hydrogen-bond acceptors (Lipinski definition) is 7. The van der Waals surface area contributed by atoms with Gasteiger partial charge in [0.1, 0.15) is 12.4 Å². The fraction of sp³-hybridized carbons (Fsp3) is 0.273. The maximum absolute atomic E-state index is 13.1. The lowest BCUT2D eigenvalue weighted by molar-refractivity contribution is -0.138. The van der Waals surface area contributed by atoms with Gasteiger partial charge in [-0.3, -0.25) is 13.9 Å². The number of benzene rings is 1. The summed E-state index contributed by atoms with van der Waals surface area (Å²) < 4.78 is 12.3. The molecular weight excluding hydrogens is 402 g/mol. The molecule has 9 nitrogen and oxygen atoms in total. The molecule has 1 aromatic carbocycles. The Morgan fingerprint density at radius 1 is 1.13 bits per heavy atom. The van der Waals surface area contributed by atoms with Gasteiger partial charge in [0.15, 0.2) is 0 Å². The van der Waals surface area contributed by atoms with Crippen molar-refractivity contribution in [2.75, 3.05) is 19.0 Å². The summed E-state index contributed by atoms with van der Waals surface area (Å²) in [6.45, 7) is 5.22. The molecule has 0 saturated carbocycles. The number of carbonyl (C=O) groups excluding carboxylic acids is 2. The molecule has 0 spiro atoms. The largest absolute Gasteiger partial charge is 0.465 e. The van der Waals surface area contributed by atoms with Gasteiger partial charge in [0, 0.05) is 19.8 Å². The van der Waals surface area contributed by atoms with Gasteiger partial charge in [-0.15, -0.1) is 0 Å². The van der Waals surface area contributed by atoms with Crippen LogP contribution in [0.1, 0.15) is 34.3 Å². The number of allylic oxidation sites excluding steroid dienone is 1. The van der Waals surface area contributed by atoms with Gasteiger partial charge in [0.25, 0.3) is 5.56 Å². The Bertz CT molecular complexity index is 1220. The minimum atomic E-state index is -0.814. The van der Waals surface area contributed by atoms with Crippen LogP contribution in [-0.4, -0.2) is 34.8 Å². The third-order valence-corrected chi connectivity index (χ3v) is 5.20. The highest BCUT2D eigenvalue weighted by atomic mass is 16.5. The zero-order valence-electron chi connectivity index (χ0n) is 17.7. The van der Waals surface area contributed by atoms with Crippen LogP contribution in [0.15, 0.2) is 57.8 Å². The van der Waals surface area contributed by atoms with E-state index in [1.807, 2.05) is 0 Å². The minimum Gasteiger partial charge on any atom is -0.465 e. The molecule has 31 heavy (non-hydrogen) atoms. The molecule has 0 radical (unpaired) electrons. The number of nitrogens with one attached hydrogen (secondary N) is 1. The molecule has 0 fully saturated rings. The first-order chi connectivity index (χ1) is 14.7.